The second kappa shape index (κ2) is 8.57. The molecule has 9 heteroatoms. The highest BCUT2D eigenvalue weighted by Crippen LogP contribution is 2.38. The number of benzene rings is 2. The van der Waals surface area contributed by atoms with Crippen molar-refractivity contribution in [3.63, 3.8) is 0 Å². The van der Waals surface area contributed by atoms with Crippen LogP contribution in [0.1, 0.15) is 36.1 Å². The first-order valence-corrected chi connectivity index (χ1v) is 11.7. The molecule has 2 heterocycles. The quantitative estimate of drug-likeness (QED) is 0.568. The van der Waals surface area contributed by atoms with E-state index in [0.717, 1.165) is 35.3 Å². The van der Waals surface area contributed by atoms with Gasteiger partial charge in [0.05, 0.1) is 11.4 Å². The summed E-state index contributed by atoms with van der Waals surface area (Å²) >= 11 is 0. The van der Waals surface area contributed by atoms with Crippen molar-refractivity contribution >= 4 is 23.5 Å². The maximum Gasteiger partial charge on any atom is 0.325 e. The van der Waals surface area contributed by atoms with Crippen molar-refractivity contribution in [1.82, 2.24) is 19.6 Å². The molecule has 4 amide bonds. The van der Waals surface area contributed by atoms with Gasteiger partial charge in [-0.2, -0.15) is 0 Å². The summed E-state index contributed by atoms with van der Waals surface area (Å²) in [5.74, 6) is -1.04. The van der Waals surface area contributed by atoms with Crippen LogP contribution in [0.4, 0.5) is 10.5 Å². The van der Waals surface area contributed by atoms with E-state index in [2.05, 4.69) is 10.6 Å². The van der Waals surface area contributed by atoms with E-state index in [1.807, 2.05) is 42.5 Å². The first-order valence-electron chi connectivity index (χ1n) is 11.7. The molecule has 35 heavy (non-hydrogen) atoms. The van der Waals surface area contributed by atoms with Gasteiger partial charge in [-0.25, -0.2) is 9.48 Å². The van der Waals surface area contributed by atoms with Gasteiger partial charge in [0.25, 0.3) is 11.5 Å². The Morgan fingerprint density at radius 1 is 1.03 bits per heavy atom. The van der Waals surface area contributed by atoms with Crippen molar-refractivity contribution in [1.29, 1.82) is 0 Å². The molecule has 1 atom stereocenters. The zero-order chi connectivity index (χ0) is 24.7. The minimum absolute atomic E-state index is 0.114. The lowest BCUT2D eigenvalue weighted by Crippen LogP contribution is -2.45. The molecular formula is C26H27N5O4. The Morgan fingerprint density at radius 3 is 2.51 bits per heavy atom. The second-order valence-corrected chi connectivity index (χ2v) is 9.08. The van der Waals surface area contributed by atoms with Crippen LogP contribution in [0, 0.1) is 6.92 Å². The summed E-state index contributed by atoms with van der Waals surface area (Å²) in [4.78, 5) is 53.5. The molecule has 9 nitrogen and oxygen atoms in total. The highest BCUT2D eigenvalue weighted by atomic mass is 16.2. The lowest BCUT2D eigenvalue weighted by Gasteiger charge is -2.27. The van der Waals surface area contributed by atoms with E-state index in [1.54, 1.807) is 30.8 Å². The molecule has 3 aromatic rings. The third-order valence-corrected chi connectivity index (χ3v) is 7.02. The number of nitrogens with one attached hydrogen (secondary N) is 2. The summed E-state index contributed by atoms with van der Waals surface area (Å²) in [5, 5.41) is 5.51. The molecule has 1 saturated heterocycles. The van der Waals surface area contributed by atoms with Crippen LogP contribution in [0.5, 0.6) is 0 Å². The van der Waals surface area contributed by atoms with Gasteiger partial charge in [0.15, 0.2) is 0 Å². The van der Waals surface area contributed by atoms with Crippen molar-refractivity contribution in [2.45, 2.75) is 38.1 Å². The molecule has 0 radical (unpaired) electrons. The molecule has 1 aromatic heterocycles. The number of carbonyl (C=O) groups excluding carboxylic acids is 3. The Balaban J connectivity index is 1.40. The molecule has 1 aliphatic heterocycles. The number of aryl methyl sites for hydroxylation is 1. The first kappa shape index (κ1) is 22.6. The molecule has 5 rings (SSSR count). The van der Waals surface area contributed by atoms with Gasteiger partial charge in [0.1, 0.15) is 17.8 Å². The molecule has 1 aliphatic carbocycles. The van der Waals surface area contributed by atoms with E-state index in [9.17, 15) is 19.2 Å². The molecule has 2 aromatic carbocycles. The highest BCUT2D eigenvalue weighted by Gasteiger charge is 2.53. The van der Waals surface area contributed by atoms with Crippen LogP contribution in [0.3, 0.4) is 0 Å². The van der Waals surface area contributed by atoms with E-state index >= 15 is 0 Å². The predicted molar refractivity (Wildman–Crippen MR) is 130 cm³/mol. The van der Waals surface area contributed by atoms with Gasteiger partial charge in [-0.15, -0.1) is 0 Å². The third kappa shape index (κ3) is 3.63. The number of nitrogens with zero attached hydrogens (tertiary/aromatic N) is 3. The van der Waals surface area contributed by atoms with Gasteiger partial charge in [-0.05, 0) is 55.9 Å². The molecule has 1 unspecified atom stereocenters. The number of urea groups is 1. The van der Waals surface area contributed by atoms with Gasteiger partial charge in [-0.3, -0.25) is 24.0 Å². The van der Waals surface area contributed by atoms with Crippen molar-refractivity contribution in [3.05, 3.63) is 81.8 Å². The summed E-state index contributed by atoms with van der Waals surface area (Å²) in [6, 6.07) is 16.1. The Labute approximate surface area is 202 Å². The normalized spacial score (nSPS) is 19.4. The predicted octanol–water partition coefficient (Wildman–Crippen LogP) is 2.60. The maximum absolute atomic E-state index is 13.6. The summed E-state index contributed by atoms with van der Waals surface area (Å²) < 4.78 is 3.11. The van der Waals surface area contributed by atoms with E-state index in [4.69, 9.17) is 0 Å². The van der Waals surface area contributed by atoms with Gasteiger partial charge < -0.3 is 10.6 Å². The van der Waals surface area contributed by atoms with Crippen LogP contribution >= 0.6 is 0 Å². The summed E-state index contributed by atoms with van der Waals surface area (Å²) in [7, 11) is 1.73. The number of fused-ring (bicyclic) bond motifs is 2. The van der Waals surface area contributed by atoms with Crippen LogP contribution in [0.2, 0.25) is 0 Å². The summed E-state index contributed by atoms with van der Waals surface area (Å²) in [6.07, 6.45) is 3.02. The van der Waals surface area contributed by atoms with Crippen molar-refractivity contribution in [3.8, 4) is 5.69 Å². The Morgan fingerprint density at radius 2 is 1.74 bits per heavy atom. The standard InChI is InChI=1S/C26H27N5O4/c1-17-22(23(33)31(29(17)2)19-12-4-3-5-13-19)27-21(32)16-30-24(34)26(28-25(30)35)15-9-8-11-18-10-6-7-14-20(18)26/h3-7,10,12-14H,8-9,11,15-16H2,1-2H3,(H,27,32)(H,28,35). The average Bonchev–Trinajstić information content (AvgIpc) is 3.11. The van der Waals surface area contributed by atoms with E-state index in [-0.39, 0.29) is 5.69 Å². The number of para-hydroxylation sites is 1. The van der Waals surface area contributed by atoms with E-state index in [0.29, 0.717) is 17.8 Å². The van der Waals surface area contributed by atoms with Gasteiger partial charge in [0.2, 0.25) is 5.91 Å². The lowest BCUT2D eigenvalue weighted by molar-refractivity contribution is -0.134. The summed E-state index contributed by atoms with van der Waals surface area (Å²) in [5.41, 5.74) is 1.60. The molecule has 2 aliphatic rings. The minimum Gasteiger partial charge on any atom is -0.319 e. The van der Waals surface area contributed by atoms with Crippen LogP contribution in [0.25, 0.3) is 5.69 Å². The first-order chi connectivity index (χ1) is 16.8. The van der Waals surface area contributed by atoms with Crippen molar-refractivity contribution in [2.75, 3.05) is 11.9 Å². The van der Waals surface area contributed by atoms with Crippen molar-refractivity contribution < 1.29 is 14.4 Å². The monoisotopic (exact) mass is 473 g/mol. The van der Waals surface area contributed by atoms with Crippen molar-refractivity contribution in [2.24, 2.45) is 7.05 Å². The molecule has 0 bridgehead atoms. The van der Waals surface area contributed by atoms with E-state index < -0.39 is 35.5 Å². The molecule has 2 N–H and O–H groups in total. The van der Waals surface area contributed by atoms with Crippen LogP contribution in [-0.4, -0.2) is 38.7 Å². The smallest absolute Gasteiger partial charge is 0.319 e. The SMILES string of the molecule is Cc1c(NC(=O)CN2C(=O)NC3(CCCCc4ccccc43)C2=O)c(=O)n(-c2ccccc2)n1C. The van der Waals surface area contributed by atoms with Gasteiger partial charge >= 0.3 is 6.03 Å². The Bertz CT molecular complexity index is 1390. The highest BCUT2D eigenvalue weighted by molar-refractivity contribution is 6.10. The molecule has 180 valence electrons. The second-order valence-electron chi connectivity index (χ2n) is 9.08. The Hall–Kier alpha value is -4.14. The fourth-order valence-corrected chi connectivity index (χ4v) is 5.15. The molecular weight excluding hydrogens is 446 g/mol. The third-order valence-electron chi connectivity index (χ3n) is 7.02. The lowest BCUT2D eigenvalue weighted by atomic mass is 9.84. The topological polar surface area (TPSA) is 105 Å². The molecule has 1 fully saturated rings. The number of carbonyl (C=O) groups is 3. The number of rotatable bonds is 4. The largest absolute Gasteiger partial charge is 0.325 e. The Kier molecular flexibility index (Phi) is 5.55. The summed E-state index contributed by atoms with van der Waals surface area (Å²) in [6.45, 7) is 1.25. The van der Waals surface area contributed by atoms with Gasteiger partial charge in [-0.1, -0.05) is 42.5 Å². The van der Waals surface area contributed by atoms with Crippen LogP contribution in [-0.2, 0) is 28.6 Å². The van der Waals surface area contributed by atoms with Gasteiger partial charge in [0, 0.05) is 7.05 Å². The molecule has 0 saturated carbocycles. The zero-order valence-electron chi connectivity index (χ0n) is 19.7. The zero-order valence-corrected chi connectivity index (χ0v) is 19.7. The number of amides is 4. The fraction of sp³-hybridized carbons (Fsp3) is 0.308. The fourth-order valence-electron chi connectivity index (χ4n) is 5.15. The minimum atomic E-state index is -1.16. The number of aromatic nitrogens is 2. The number of imide groups is 1. The van der Waals surface area contributed by atoms with E-state index in [1.165, 1.54) is 4.68 Å². The number of hydrogen-bond donors (Lipinski definition) is 2. The van der Waals surface area contributed by atoms with Crippen LogP contribution < -0.4 is 16.2 Å². The molecule has 1 spiro atoms. The number of hydrogen-bond acceptors (Lipinski definition) is 4. The maximum atomic E-state index is 13.6. The number of anilines is 1. The van der Waals surface area contributed by atoms with Crippen LogP contribution in [0.15, 0.2) is 59.4 Å². The average molecular weight is 474 g/mol.